The second-order valence-corrected chi connectivity index (χ2v) is 8.43. The molecule has 9 heteroatoms. The second kappa shape index (κ2) is 9.01. The number of hydrogen-bond donors (Lipinski definition) is 2. The van der Waals surface area contributed by atoms with Crippen LogP contribution in [0.4, 0.5) is 5.69 Å². The molecule has 1 atom stereocenters. The highest BCUT2D eigenvalue weighted by Crippen LogP contribution is 2.31. The summed E-state index contributed by atoms with van der Waals surface area (Å²) < 4.78 is 12.8. The predicted molar refractivity (Wildman–Crippen MR) is 127 cm³/mol. The zero-order valence-corrected chi connectivity index (χ0v) is 19.0. The molecule has 1 saturated heterocycles. The first-order chi connectivity index (χ1) is 16.5. The number of anilines is 1. The number of aryl methyl sites for hydroxylation is 2. The van der Waals surface area contributed by atoms with Gasteiger partial charge in [-0.05, 0) is 38.0 Å². The number of amides is 2. The van der Waals surface area contributed by atoms with Crippen LogP contribution in [0.5, 0.6) is 5.75 Å². The van der Waals surface area contributed by atoms with Crippen molar-refractivity contribution in [3.05, 3.63) is 60.1 Å². The van der Waals surface area contributed by atoms with E-state index in [1.54, 1.807) is 13.2 Å². The molecule has 0 spiro atoms. The van der Waals surface area contributed by atoms with Crippen molar-refractivity contribution in [2.45, 2.75) is 26.3 Å². The number of ether oxygens (including phenoxy) is 1. The Bertz CT molecular complexity index is 1370. The molecule has 0 bridgehead atoms. The average Bonchev–Trinajstić information content (AvgIpc) is 3.56. The Hall–Kier alpha value is -4.14. The minimum atomic E-state index is -0.403. The number of aromatic nitrogens is 3. The fraction of sp³-hybridized carbons (Fsp3) is 0.280. The molecule has 0 saturated carbocycles. The Morgan fingerprint density at radius 2 is 2.21 bits per heavy atom. The number of carbonyl (C=O) groups excluding carboxylic acids is 2. The second-order valence-electron chi connectivity index (χ2n) is 8.43. The third kappa shape index (κ3) is 4.36. The maximum absolute atomic E-state index is 12.9. The van der Waals surface area contributed by atoms with E-state index in [9.17, 15) is 9.59 Å². The van der Waals surface area contributed by atoms with Gasteiger partial charge in [-0.3, -0.25) is 14.3 Å². The van der Waals surface area contributed by atoms with Crippen molar-refractivity contribution in [2.75, 3.05) is 19.0 Å². The summed E-state index contributed by atoms with van der Waals surface area (Å²) in [5.74, 6) is 0.614. The number of rotatable bonds is 7. The molecule has 1 unspecified atom stereocenters. The Morgan fingerprint density at radius 3 is 2.97 bits per heavy atom. The highest BCUT2D eigenvalue weighted by Gasteiger charge is 2.24. The van der Waals surface area contributed by atoms with Gasteiger partial charge in [-0.2, -0.15) is 5.10 Å². The van der Waals surface area contributed by atoms with Crippen molar-refractivity contribution in [3.63, 3.8) is 0 Å². The Balaban J connectivity index is 1.33. The summed E-state index contributed by atoms with van der Waals surface area (Å²) in [7, 11) is 1.54. The summed E-state index contributed by atoms with van der Waals surface area (Å²) in [5.41, 5.74) is 3.31. The third-order valence-electron chi connectivity index (χ3n) is 5.99. The lowest BCUT2D eigenvalue weighted by molar-refractivity contribution is -0.122. The summed E-state index contributed by atoms with van der Waals surface area (Å²) in [6, 6.07) is 11.3. The van der Waals surface area contributed by atoms with Gasteiger partial charge in [0.15, 0.2) is 5.69 Å². The van der Waals surface area contributed by atoms with Gasteiger partial charge in [-0.25, -0.2) is 4.98 Å². The number of hydrogen-bond acceptors (Lipinski definition) is 6. The van der Waals surface area contributed by atoms with Gasteiger partial charge in [0, 0.05) is 42.2 Å². The lowest BCUT2D eigenvalue weighted by Gasteiger charge is -2.09. The molecule has 2 amide bonds. The molecule has 2 aromatic carbocycles. The SMILES string of the molecule is COc1cc2nn(CCC3CCNC3=O)cc2cc1NC(=O)c1coc(-c2cccc(C)c2)n1. The van der Waals surface area contributed by atoms with Gasteiger partial charge in [0.1, 0.15) is 12.0 Å². The highest BCUT2D eigenvalue weighted by atomic mass is 16.5. The van der Waals surface area contributed by atoms with E-state index in [1.807, 2.05) is 48.1 Å². The van der Waals surface area contributed by atoms with Crippen molar-refractivity contribution >= 4 is 28.4 Å². The lowest BCUT2D eigenvalue weighted by atomic mass is 10.0. The van der Waals surface area contributed by atoms with E-state index in [0.717, 1.165) is 41.4 Å². The van der Waals surface area contributed by atoms with Crippen molar-refractivity contribution in [1.82, 2.24) is 20.1 Å². The summed E-state index contributed by atoms with van der Waals surface area (Å²) in [6.07, 6.45) is 4.84. The first-order valence-corrected chi connectivity index (χ1v) is 11.2. The van der Waals surface area contributed by atoms with Crippen LogP contribution in [-0.2, 0) is 11.3 Å². The molecule has 3 heterocycles. The highest BCUT2D eigenvalue weighted by molar-refractivity contribution is 6.05. The molecular formula is C25H25N5O4. The first-order valence-electron chi connectivity index (χ1n) is 11.2. The normalized spacial score (nSPS) is 15.5. The molecule has 5 rings (SSSR count). The first kappa shape index (κ1) is 21.7. The van der Waals surface area contributed by atoms with E-state index in [0.29, 0.717) is 23.9 Å². The fourth-order valence-electron chi connectivity index (χ4n) is 4.17. The molecule has 1 fully saturated rings. The fourth-order valence-corrected chi connectivity index (χ4v) is 4.17. The van der Waals surface area contributed by atoms with E-state index < -0.39 is 5.91 Å². The molecular weight excluding hydrogens is 434 g/mol. The molecule has 9 nitrogen and oxygen atoms in total. The van der Waals surface area contributed by atoms with Gasteiger partial charge < -0.3 is 19.8 Å². The molecule has 2 aromatic heterocycles. The van der Waals surface area contributed by atoms with Crippen LogP contribution in [0.25, 0.3) is 22.4 Å². The van der Waals surface area contributed by atoms with Crippen molar-refractivity contribution in [3.8, 4) is 17.2 Å². The van der Waals surface area contributed by atoms with Gasteiger partial charge in [0.25, 0.3) is 5.91 Å². The summed E-state index contributed by atoms with van der Waals surface area (Å²) >= 11 is 0. The van der Waals surface area contributed by atoms with E-state index >= 15 is 0 Å². The van der Waals surface area contributed by atoms with Crippen LogP contribution in [0.1, 0.15) is 28.9 Å². The molecule has 1 aliphatic rings. The zero-order valence-electron chi connectivity index (χ0n) is 19.0. The average molecular weight is 460 g/mol. The zero-order chi connectivity index (χ0) is 23.7. The Morgan fingerprint density at radius 1 is 1.32 bits per heavy atom. The van der Waals surface area contributed by atoms with Crippen LogP contribution in [-0.4, -0.2) is 40.2 Å². The number of fused-ring (bicyclic) bond motifs is 1. The largest absolute Gasteiger partial charge is 0.494 e. The summed E-state index contributed by atoms with van der Waals surface area (Å²) in [4.78, 5) is 29.0. The number of nitrogens with one attached hydrogen (secondary N) is 2. The van der Waals surface area contributed by atoms with E-state index in [2.05, 4.69) is 20.7 Å². The lowest BCUT2D eigenvalue weighted by Crippen LogP contribution is -2.20. The monoisotopic (exact) mass is 459 g/mol. The molecule has 34 heavy (non-hydrogen) atoms. The van der Waals surface area contributed by atoms with Gasteiger partial charge in [0.05, 0.1) is 18.3 Å². The Kier molecular flexibility index (Phi) is 5.75. The number of methoxy groups -OCH3 is 1. The topological polar surface area (TPSA) is 111 Å². The molecule has 174 valence electrons. The van der Waals surface area contributed by atoms with Crippen LogP contribution >= 0.6 is 0 Å². The number of oxazole rings is 1. The maximum atomic E-state index is 12.9. The van der Waals surface area contributed by atoms with Crippen LogP contribution in [0.3, 0.4) is 0 Å². The summed E-state index contributed by atoms with van der Waals surface area (Å²) in [5, 5.41) is 11.2. The molecule has 4 aromatic rings. The van der Waals surface area contributed by atoms with Crippen LogP contribution in [0, 0.1) is 12.8 Å². The minimum Gasteiger partial charge on any atom is -0.494 e. The Labute approximate surface area is 196 Å². The van der Waals surface area contributed by atoms with Crippen molar-refractivity contribution in [2.24, 2.45) is 5.92 Å². The molecule has 0 aliphatic carbocycles. The van der Waals surface area contributed by atoms with Gasteiger partial charge in [-0.1, -0.05) is 17.7 Å². The molecule has 1 aliphatic heterocycles. The smallest absolute Gasteiger partial charge is 0.277 e. The van der Waals surface area contributed by atoms with Crippen LogP contribution < -0.4 is 15.4 Å². The minimum absolute atomic E-state index is 0.0313. The third-order valence-corrected chi connectivity index (χ3v) is 5.99. The number of nitrogens with zero attached hydrogens (tertiary/aromatic N) is 3. The standard InChI is InChI=1S/C25H25N5O4/c1-15-4-3-5-17(10-15)25-28-21(14-34-25)24(32)27-20-11-18-13-30(29-19(18)12-22(20)33-2)9-7-16-6-8-26-23(16)31/h3-5,10-14,16H,6-9H2,1-2H3,(H,26,31)(H,27,32). The molecule has 2 N–H and O–H groups in total. The van der Waals surface area contributed by atoms with Gasteiger partial charge >= 0.3 is 0 Å². The predicted octanol–water partition coefficient (Wildman–Crippen LogP) is 3.79. The summed E-state index contributed by atoms with van der Waals surface area (Å²) in [6.45, 7) is 3.36. The van der Waals surface area contributed by atoms with E-state index in [4.69, 9.17) is 9.15 Å². The van der Waals surface area contributed by atoms with Crippen molar-refractivity contribution < 1.29 is 18.7 Å². The van der Waals surface area contributed by atoms with Crippen molar-refractivity contribution in [1.29, 1.82) is 0 Å². The van der Waals surface area contributed by atoms with Gasteiger partial charge in [0.2, 0.25) is 11.8 Å². The van der Waals surface area contributed by atoms with Gasteiger partial charge in [-0.15, -0.1) is 0 Å². The van der Waals surface area contributed by atoms with E-state index in [-0.39, 0.29) is 17.5 Å². The quantitative estimate of drug-likeness (QED) is 0.435. The molecule has 0 radical (unpaired) electrons. The number of carbonyl (C=O) groups is 2. The number of benzene rings is 2. The van der Waals surface area contributed by atoms with E-state index in [1.165, 1.54) is 6.26 Å². The van der Waals surface area contributed by atoms with Crippen LogP contribution in [0.15, 0.2) is 53.3 Å². The maximum Gasteiger partial charge on any atom is 0.277 e. The van der Waals surface area contributed by atoms with Crippen LogP contribution in [0.2, 0.25) is 0 Å².